The number of tetrazole rings is 1. The van der Waals surface area contributed by atoms with E-state index in [-0.39, 0.29) is 0 Å². The second kappa shape index (κ2) is 10.9. The van der Waals surface area contributed by atoms with E-state index < -0.39 is 12.0 Å². The van der Waals surface area contributed by atoms with E-state index in [4.69, 9.17) is 14.2 Å². The number of allylic oxidation sites excluding steroid dienone is 1. The summed E-state index contributed by atoms with van der Waals surface area (Å²) < 4.78 is 19.9. The van der Waals surface area contributed by atoms with Gasteiger partial charge in [0.05, 0.1) is 23.3 Å². The number of carbonyl (C=O) groups is 1. The van der Waals surface area contributed by atoms with Gasteiger partial charge in [0, 0.05) is 5.70 Å². The minimum atomic E-state index is -0.605. The van der Waals surface area contributed by atoms with Gasteiger partial charge in [-0.15, -0.1) is 0 Å². The molecule has 0 amide bonds. The Labute approximate surface area is 212 Å². The molecular weight excluding hydrogens is 514 g/mol. The van der Waals surface area contributed by atoms with Crippen LogP contribution in [-0.4, -0.2) is 39.4 Å². The lowest BCUT2D eigenvalue weighted by Gasteiger charge is -2.28. The molecule has 1 unspecified atom stereocenters. The predicted octanol–water partition coefficient (Wildman–Crippen LogP) is 4.96. The fourth-order valence-corrected chi connectivity index (χ4v) is 4.50. The smallest absolute Gasteiger partial charge is 0.338 e. The average Bonchev–Trinajstić information content (AvgIpc) is 3.30. The van der Waals surface area contributed by atoms with Crippen LogP contribution in [0.25, 0.3) is 0 Å². The van der Waals surface area contributed by atoms with Crippen molar-refractivity contribution in [3.05, 3.63) is 68.8 Å². The topological polar surface area (TPSA) is 100 Å². The van der Waals surface area contributed by atoms with Gasteiger partial charge >= 0.3 is 5.97 Å². The quantitative estimate of drug-likeness (QED) is 0.379. The van der Waals surface area contributed by atoms with E-state index in [0.717, 1.165) is 23.1 Å². The molecule has 3 aromatic rings. The van der Waals surface area contributed by atoms with E-state index in [1.807, 2.05) is 51.1 Å². The highest BCUT2D eigenvalue weighted by molar-refractivity contribution is 9.10. The molecule has 35 heavy (non-hydrogen) atoms. The van der Waals surface area contributed by atoms with Gasteiger partial charge in [-0.25, -0.2) is 4.79 Å². The van der Waals surface area contributed by atoms with Crippen LogP contribution in [0.2, 0.25) is 0 Å². The summed E-state index contributed by atoms with van der Waals surface area (Å²) in [6.07, 6.45) is 0.721. The lowest BCUT2D eigenvalue weighted by atomic mass is 9.95. The van der Waals surface area contributed by atoms with Crippen molar-refractivity contribution < 1.29 is 19.0 Å². The van der Waals surface area contributed by atoms with E-state index in [1.54, 1.807) is 4.68 Å². The molecule has 2 aromatic carbocycles. The van der Waals surface area contributed by atoms with Crippen LogP contribution in [0, 0.1) is 6.92 Å². The van der Waals surface area contributed by atoms with Crippen LogP contribution in [0.1, 0.15) is 49.9 Å². The Morgan fingerprint density at radius 2 is 1.97 bits per heavy atom. The number of halogens is 1. The summed E-state index contributed by atoms with van der Waals surface area (Å²) >= 11 is 3.66. The molecule has 0 aliphatic carbocycles. The first-order valence-corrected chi connectivity index (χ1v) is 12.3. The minimum Gasteiger partial charge on any atom is -0.490 e. The van der Waals surface area contributed by atoms with Crippen LogP contribution in [0.15, 0.2) is 52.1 Å². The molecule has 184 valence electrons. The predicted molar refractivity (Wildman–Crippen MR) is 134 cm³/mol. The molecule has 1 aliphatic heterocycles. The van der Waals surface area contributed by atoms with Gasteiger partial charge in [0.25, 0.3) is 0 Å². The number of anilines is 1. The number of aryl methyl sites for hydroxylation is 1. The van der Waals surface area contributed by atoms with E-state index in [1.165, 1.54) is 0 Å². The first-order chi connectivity index (χ1) is 16.9. The summed E-state index contributed by atoms with van der Waals surface area (Å²) in [4.78, 5) is 13.1. The van der Waals surface area contributed by atoms with Crippen molar-refractivity contribution in [1.82, 2.24) is 20.2 Å². The number of fused-ring (bicyclic) bond motifs is 1. The zero-order chi connectivity index (χ0) is 24.9. The number of carbonyl (C=O) groups excluding carboxylic acids is 1. The van der Waals surface area contributed by atoms with Crippen LogP contribution < -0.4 is 14.8 Å². The minimum absolute atomic E-state index is 0.324. The van der Waals surface area contributed by atoms with Crippen molar-refractivity contribution >= 4 is 27.8 Å². The summed E-state index contributed by atoms with van der Waals surface area (Å²) in [6.45, 7) is 8.88. The molecule has 1 atom stereocenters. The van der Waals surface area contributed by atoms with Crippen molar-refractivity contribution in [3.63, 3.8) is 0 Å². The third kappa shape index (κ3) is 5.17. The van der Waals surface area contributed by atoms with E-state index in [0.29, 0.717) is 53.0 Å². The summed E-state index contributed by atoms with van der Waals surface area (Å²) in [5, 5.41) is 15.1. The Kier molecular flexibility index (Phi) is 7.70. The monoisotopic (exact) mass is 541 g/mol. The summed E-state index contributed by atoms with van der Waals surface area (Å²) in [7, 11) is 0. The second-order valence-electron chi connectivity index (χ2n) is 8.13. The Morgan fingerprint density at radius 3 is 2.71 bits per heavy atom. The van der Waals surface area contributed by atoms with Crippen molar-refractivity contribution in [2.75, 3.05) is 18.5 Å². The van der Waals surface area contributed by atoms with Gasteiger partial charge in [0.1, 0.15) is 12.6 Å². The third-order valence-corrected chi connectivity index (χ3v) is 6.24. The normalized spacial score (nSPS) is 14.8. The first kappa shape index (κ1) is 24.7. The number of aromatic nitrogens is 4. The molecule has 0 radical (unpaired) electrons. The van der Waals surface area contributed by atoms with Crippen LogP contribution in [0.4, 0.5) is 5.95 Å². The fourth-order valence-electron chi connectivity index (χ4n) is 3.93. The number of nitrogens with one attached hydrogen (secondary N) is 1. The van der Waals surface area contributed by atoms with Gasteiger partial charge in [-0.3, -0.25) is 0 Å². The number of benzene rings is 2. The highest BCUT2D eigenvalue weighted by atomic mass is 79.9. The average molecular weight is 542 g/mol. The van der Waals surface area contributed by atoms with Crippen LogP contribution in [0.5, 0.6) is 11.5 Å². The molecule has 10 heteroatoms. The Morgan fingerprint density at radius 1 is 1.17 bits per heavy atom. The number of ether oxygens (including phenoxy) is 3. The maximum absolute atomic E-state index is 13.1. The fraction of sp³-hybridized carbons (Fsp3) is 0.360. The largest absolute Gasteiger partial charge is 0.490 e. The molecule has 1 aromatic heterocycles. The molecule has 0 fully saturated rings. The molecule has 1 N–H and O–H groups in total. The third-order valence-electron chi connectivity index (χ3n) is 5.65. The molecule has 0 spiro atoms. The van der Waals surface area contributed by atoms with Crippen molar-refractivity contribution in [2.45, 2.75) is 46.8 Å². The maximum atomic E-state index is 13.1. The molecule has 0 saturated heterocycles. The Hall–Kier alpha value is -3.40. The van der Waals surface area contributed by atoms with Crippen molar-refractivity contribution in [1.29, 1.82) is 0 Å². The molecular formula is C25H28BrN5O4. The first-order valence-electron chi connectivity index (χ1n) is 11.5. The lowest BCUT2D eigenvalue weighted by molar-refractivity contribution is -0.139. The molecule has 9 nitrogen and oxygen atoms in total. The maximum Gasteiger partial charge on any atom is 0.338 e. The van der Waals surface area contributed by atoms with Gasteiger partial charge in [-0.05, 0) is 82.4 Å². The molecule has 0 saturated carbocycles. The van der Waals surface area contributed by atoms with Gasteiger partial charge in [0.2, 0.25) is 5.95 Å². The highest BCUT2D eigenvalue weighted by Gasteiger charge is 2.36. The number of nitrogens with zero attached hydrogens (tertiary/aromatic N) is 4. The van der Waals surface area contributed by atoms with Crippen LogP contribution >= 0.6 is 15.9 Å². The summed E-state index contributed by atoms with van der Waals surface area (Å²) in [5.74, 6) is 1.16. The van der Waals surface area contributed by atoms with Crippen LogP contribution in [-0.2, 0) is 16.1 Å². The van der Waals surface area contributed by atoms with Gasteiger partial charge < -0.3 is 19.5 Å². The van der Waals surface area contributed by atoms with Gasteiger partial charge in [0.15, 0.2) is 11.5 Å². The van der Waals surface area contributed by atoms with Crippen LogP contribution in [0.3, 0.4) is 0 Å². The van der Waals surface area contributed by atoms with Gasteiger partial charge in [-0.2, -0.15) is 4.68 Å². The molecule has 0 bridgehead atoms. The number of hydrogen-bond acceptors (Lipinski definition) is 8. The summed E-state index contributed by atoms with van der Waals surface area (Å²) in [6, 6.07) is 11.2. The van der Waals surface area contributed by atoms with E-state index >= 15 is 0 Å². The van der Waals surface area contributed by atoms with Gasteiger partial charge in [-0.1, -0.05) is 36.3 Å². The molecule has 2 heterocycles. The molecule has 4 rings (SSSR count). The second-order valence-corrected chi connectivity index (χ2v) is 8.98. The number of hydrogen-bond donors (Lipinski definition) is 1. The SMILES string of the molecule is CCCOC(=O)C1=C(C)Nc2nnnn2C1c1cc(Br)c(OCc2ccccc2C)c(OCC)c1. The Bertz CT molecular complexity index is 1260. The van der Waals surface area contributed by atoms with Crippen molar-refractivity contribution in [3.8, 4) is 11.5 Å². The van der Waals surface area contributed by atoms with E-state index in [2.05, 4.69) is 49.8 Å². The summed E-state index contributed by atoms with van der Waals surface area (Å²) in [5.41, 5.74) is 4.05. The number of esters is 1. The Balaban J connectivity index is 1.75. The zero-order valence-corrected chi connectivity index (χ0v) is 21.8. The molecule has 1 aliphatic rings. The standard InChI is InChI=1S/C25H28BrN5O4/c1-5-11-34-24(32)21-16(4)27-25-28-29-30-31(25)22(21)18-12-19(26)23(20(13-18)33-6-2)35-14-17-10-8-7-9-15(17)3/h7-10,12-13,22H,5-6,11,14H2,1-4H3,(H,27,28,30). The highest BCUT2D eigenvalue weighted by Crippen LogP contribution is 2.43. The zero-order valence-electron chi connectivity index (χ0n) is 20.2. The lowest BCUT2D eigenvalue weighted by Crippen LogP contribution is -2.30. The van der Waals surface area contributed by atoms with E-state index in [9.17, 15) is 4.79 Å². The number of rotatable bonds is 9. The van der Waals surface area contributed by atoms with Crippen molar-refractivity contribution in [2.24, 2.45) is 0 Å².